The van der Waals surface area contributed by atoms with E-state index in [1.54, 1.807) is 0 Å². The Balaban J connectivity index is 1.91. The molecule has 14 heavy (non-hydrogen) atoms. The van der Waals surface area contributed by atoms with Gasteiger partial charge in [-0.2, -0.15) is 0 Å². The molecule has 3 unspecified atom stereocenters. The second-order valence-corrected chi connectivity index (χ2v) is 4.83. The fourth-order valence-electron chi connectivity index (χ4n) is 3.11. The Hall–Kier alpha value is -0.120. The average molecular weight is 197 g/mol. The molecule has 2 rings (SSSR count). The van der Waals surface area contributed by atoms with Crippen LogP contribution in [0.15, 0.2) is 0 Å². The Morgan fingerprint density at radius 3 is 3.00 bits per heavy atom. The maximum absolute atomic E-state index is 5.61. The van der Waals surface area contributed by atoms with Crippen LogP contribution in [0, 0.1) is 5.92 Å². The minimum atomic E-state index is 0.795. The summed E-state index contributed by atoms with van der Waals surface area (Å²) in [7, 11) is 2.24. The van der Waals surface area contributed by atoms with E-state index in [0.717, 1.165) is 25.0 Å². The highest BCUT2D eigenvalue weighted by Gasteiger charge is 2.33. The van der Waals surface area contributed by atoms with Crippen molar-refractivity contribution in [3.63, 3.8) is 0 Å². The van der Waals surface area contributed by atoms with E-state index >= 15 is 0 Å². The van der Waals surface area contributed by atoms with Crippen LogP contribution in [0.3, 0.4) is 0 Å². The molecule has 2 heterocycles. The van der Waals surface area contributed by atoms with E-state index < -0.39 is 0 Å². The van der Waals surface area contributed by atoms with Gasteiger partial charge in [0.05, 0.1) is 0 Å². The molecule has 2 saturated heterocycles. The van der Waals surface area contributed by atoms with Gasteiger partial charge in [0.1, 0.15) is 0 Å². The summed E-state index contributed by atoms with van der Waals surface area (Å²) in [6.07, 6.45) is 4.18. The van der Waals surface area contributed by atoms with Gasteiger partial charge < -0.3 is 15.5 Å². The van der Waals surface area contributed by atoms with Crippen LogP contribution >= 0.6 is 0 Å². The normalized spacial score (nSPS) is 37.5. The highest BCUT2D eigenvalue weighted by molar-refractivity contribution is 4.89. The van der Waals surface area contributed by atoms with Crippen LogP contribution in [0.1, 0.15) is 19.3 Å². The summed E-state index contributed by atoms with van der Waals surface area (Å²) in [5, 5.41) is 0. The van der Waals surface area contributed by atoms with Crippen LogP contribution in [-0.2, 0) is 0 Å². The number of nitrogens with zero attached hydrogens (tertiary/aromatic N) is 2. The third-order valence-corrected chi connectivity index (χ3v) is 3.88. The predicted molar refractivity (Wildman–Crippen MR) is 59.3 cm³/mol. The SMILES string of the molecule is CN(CCN)C1CCN2CCCC1C2. The lowest BCUT2D eigenvalue weighted by atomic mass is 9.84. The number of piperidine rings is 2. The van der Waals surface area contributed by atoms with Crippen LogP contribution in [0.25, 0.3) is 0 Å². The summed E-state index contributed by atoms with van der Waals surface area (Å²) in [5.74, 6) is 0.911. The maximum Gasteiger partial charge on any atom is 0.0145 e. The van der Waals surface area contributed by atoms with Crippen LogP contribution in [0.2, 0.25) is 0 Å². The molecule has 3 atom stereocenters. The molecule has 2 N–H and O–H groups in total. The first-order chi connectivity index (χ1) is 6.81. The Morgan fingerprint density at radius 1 is 1.36 bits per heavy atom. The Labute approximate surface area is 87.2 Å². The Kier molecular flexibility index (Phi) is 3.42. The van der Waals surface area contributed by atoms with Gasteiger partial charge in [-0.05, 0) is 45.3 Å². The molecular weight excluding hydrogens is 174 g/mol. The van der Waals surface area contributed by atoms with E-state index in [0.29, 0.717) is 0 Å². The fourth-order valence-corrected chi connectivity index (χ4v) is 3.11. The van der Waals surface area contributed by atoms with E-state index in [1.807, 2.05) is 0 Å². The van der Waals surface area contributed by atoms with Gasteiger partial charge in [0, 0.05) is 25.7 Å². The van der Waals surface area contributed by atoms with Crippen molar-refractivity contribution >= 4 is 0 Å². The first-order valence-electron chi connectivity index (χ1n) is 5.94. The highest BCUT2D eigenvalue weighted by Crippen LogP contribution is 2.29. The summed E-state index contributed by atoms with van der Waals surface area (Å²) < 4.78 is 0. The van der Waals surface area contributed by atoms with Crippen molar-refractivity contribution in [1.29, 1.82) is 0 Å². The van der Waals surface area contributed by atoms with E-state index in [-0.39, 0.29) is 0 Å². The molecule has 2 aliphatic heterocycles. The number of fused-ring (bicyclic) bond motifs is 2. The maximum atomic E-state index is 5.61. The van der Waals surface area contributed by atoms with Gasteiger partial charge in [-0.1, -0.05) is 0 Å². The summed E-state index contributed by atoms with van der Waals surface area (Å²) in [4.78, 5) is 5.11. The molecular formula is C11H23N3. The molecule has 0 radical (unpaired) electrons. The van der Waals surface area contributed by atoms with Crippen LogP contribution < -0.4 is 5.73 Å². The molecule has 2 aliphatic rings. The monoisotopic (exact) mass is 197 g/mol. The Bertz CT molecular complexity index is 183. The molecule has 0 aromatic heterocycles. The summed E-state index contributed by atoms with van der Waals surface area (Å²) >= 11 is 0. The second kappa shape index (κ2) is 4.60. The number of hydrogen-bond donors (Lipinski definition) is 1. The van der Waals surface area contributed by atoms with Gasteiger partial charge in [0.15, 0.2) is 0 Å². The molecule has 0 aromatic carbocycles. The van der Waals surface area contributed by atoms with Crippen molar-refractivity contribution in [3.05, 3.63) is 0 Å². The molecule has 0 aromatic rings. The fraction of sp³-hybridized carbons (Fsp3) is 1.00. The summed E-state index contributed by atoms with van der Waals surface area (Å²) in [5.41, 5.74) is 5.61. The molecule has 0 aliphatic carbocycles. The zero-order valence-corrected chi connectivity index (χ0v) is 9.28. The van der Waals surface area contributed by atoms with Crippen molar-refractivity contribution in [3.8, 4) is 0 Å². The lowest BCUT2D eigenvalue weighted by molar-refractivity contribution is 0.0403. The minimum Gasteiger partial charge on any atom is -0.329 e. The van der Waals surface area contributed by atoms with Crippen LogP contribution in [0.5, 0.6) is 0 Å². The predicted octanol–water partition coefficient (Wildman–Crippen LogP) is 0.361. The zero-order valence-electron chi connectivity index (χ0n) is 9.28. The summed E-state index contributed by atoms with van der Waals surface area (Å²) in [6, 6.07) is 0.801. The third kappa shape index (κ3) is 2.10. The molecule has 3 nitrogen and oxygen atoms in total. The number of hydrogen-bond acceptors (Lipinski definition) is 3. The minimum absolute atomic E-state index is 0.795. The van der Waals surface area contributed by atoms with E-state index in [4.69, 9.17) is 5.73 Å². The highest BCUT2D eigenvalue weighted by atomic mass is 15.2. The molecule has 2 fully saturated rings. The van der Waals surface area contributed by atoms with Gasteiger partial charge in [0.2, 0.25) is 0 Å². The molecule has 82 valence electrons. The Morgan fingerprint density at radius 2 is 2.21 bits per heavy atom. The van der Waals surface area contributed by atoms with Gasteiger partial charge in [0.25, 0.3) is 0 Å². The van der Waals surface area contributed by atoms with Crippen LogP contribution in [0.4, 0.5) is 0 Å². The van der Waals surface area contributed by atoms with E-state index in [2.05, 4.69) is 16.8 Å². The standard InChI is InChI=1S/C11H23N3/c1-13(8-5-12)11-4-7-14-6-2-3-10(11)9-14/h10-11H,2-9,12H2,1H3. The van der Waals surface area contributed by atoms with Crippen molar-refractivity contribution < 1.29 is 0 Å². The largest absolute Gasteiger partial charge is 0.329 e. The van der Waals surface area contributed by atoms with Crippen LogP contribution in [-0.4, -0.2) is 55.6 Å². The van der Waals surface area contributed by atoms with Crippen molar-refractivity contribution in [2.24, 2.45) is 11.7 Å². The number of nitrogens with two attached hydrogens (primary N) is 1. The van der Waals surface area contributed by atoms with Gasteiger partial charge in [-0.15, -0.1) is 0 Å². The van der Waals surface area contributed by atoms with Gasteiger partial charge in [-0.25, -0.2) is 0 Å². The van der Waals surface area contributed by atoms with Gasteiger partial charge >= 0.3 is 0 Å². The van der Waals surface area contributed by atoms with Crippen molar-refractivity contribution in [1.82, 2.24) is 9.80 Å². The quantitative estimate of drug-likeness (QED) is 0.709. The first kappa shape index (κ1) is 10.4. The third-order valence-electron chi connectivity index (χ3n) is 3.88. The summed E-state index contributed by atoms with van der Waals surface area (Å²) in [6.45, 7) is 5.82. The molecule has 3 heteroatoms. The van der Waals surface area contributed by atoms with Gasteiger partial charge in [-0.3, -0.25) is 0 Å². The smallest absolute Gasteiger partial charge is 0.0145 e. The zero-order chi connectivity index (χ0) is 9.97. The van der Waals surface area contributed by atoms with Crippen molar-refractivity contribution in [2.75, 3.05) is 39.8 Å². The molecule has 0 amide bonds. The topological polar surface area (TPSA) is 32.5 Å². The van der Waals surface area contributed by atoms with E-state index in [1.165, 1.54) is 38.9 Å². The number of likely N-dealkylation sites (N-methyl/N-ethyl adjacent to an activating group) is 1. The average Bonchev–Trinajstić information content (AvgIpc) is 2.18. The first-order valence-corrected chi connectivity index (χ1v) is 5.94. The number of rotatable bonds is 3. The lowest BCUT2D eigenvalue weighted by Crippen LogP contribution is -2.53. The lowest BCUT2D eigenvalue weighted by Gasteiger charge is -2.46. The molecule has 0 spiro atoms. The molecule has 2 bridgehead atoms. The molecule has 0 saturated carbocycles. The second-order valence-electron chi connectivity index (χ2n) is 4.83. The van der Waals surface area contributed by atoms with E-state index in [9.17, 15) is 0 Å². The van der Waals surface area contributed by atoms with Crippen molar-refractivity contribution in [2.45, 2.75) is 25.3 Å².